The van der Waals surface area contributed by atoms with Gasteiger partial charge in [-0.15, -0.1) is 0 Å². The quantitative estimate of drug-likeness (QED) is 0.878. The summed E-state index contributed by atoms with van der Waals surface area (Å²) in [5.74, 6) is -1.57. The number of hydrogen-bond donors (Lipinski definition) is 2. The summed E-state index contributed by atoms with van der Waals surface area (Å²) in [6, 6.07) is 5.93. The Kier molecular flexibility index (Phi) is 5.31. The van der Waals surface area contributed by atoms with Crippen molar-refractivity contribution in [3.05, 3.63) is 41.7 Å². The summed E-state index contributed by atoms with van der Waals surface area (Å²) in [6.07, 6.45) is 7.08. The third kappa shape index (κ3) is 4.16. The van der Waals surface area contributed by atoms with Crippen molar-refractivity contribution in [1.82, 2.24) is 5.32 Å². The second-order valence-corrected chi connectivity index (χ2v) is 5.65. The maximum absolute atomic E-state index is 12.8. The molecule has 118 valence electrons. The van der Waals surface area contributed by atoms with E-state index in [0.29, 0.717) is 12.8 Å². The van der Waals surface area contributed by atoms with Gasteiger partial charge in [0, 0.05) is 6.42 Å². The standard InChI is InChI=1S/C17H20FNO3/c18-14-9-7-13(8-10-14)5-4-6-15(20)19-17(16(21)22)11-2-1-3-12-17/h4-5,7-10H,1-3,6,11-12H2,(H,19,20)(H,21,22)/b5-4+. The number of rotatable bonds is 5. The number of hydrogen-bond acceptors (Lipinski definition) is 2. The van der Waals surface area contributed by atoms with Gasteiger partial charge in [-0.05, 0) is 30.5 Å². The smallest absolute Gasteiger partial charge is 0.329 e. The van der Waals surface area contributed by atoms with E-state index in [4.69, 9.17) is 0 Å². The van der Waals surface area contributed by atoms with Gasteiger partial charge in [-0.3, -0.25) is 4.79 Å². The van der Waals surface area contributed by atoms with E-state index >= 15 is 0 Å². The van der Waals surface area contributed by atoms with Crippen LogP contribution in [0.3, 0.4) is 0 Å². The highest BCUT2D eigenvalue weighted by atomic mass is 19.1. The molecular formula is C17H20FNO3. The zero-order chi connectivity index (χ0) is 16.0. The maximum atomic E-state index is 12.8. The monoisotopic (exact) mass is 305 g/mol. The molecule has 1 amide bonds. The normalized spacial score (nSPS) is 17.3. The molecule has 0 radical (unpaired) electrons. The van der Waals surface area contributed by atoms with Crippen molar-refractivity contribution < 1.29 is 19.1 Å². The first-order valence-corrected chi connectivity index (χ1v) is 7.48. The first-order chi connectivity index (χ1) is 10.5. The SMILES string of the molecule is O=C(C/C=C/c1ccc(F)cc1)NC1(C(=O)O)CCCCC1. The number of aliphatic carboxylic acids is 1. The van der Waals surface area contributed by atoms with E-state index in [2.05, 4.69) is 5.32 Å². The lowest BCUT2D eigenvalue weighted by atomic mass is 9.81. The molecule has 1 saturated carbocycles. The zero-order valence-corrected chi connectivity index (χ0v) is 12.3. The number of halogens is 1. The summed E-state index contributed by atoms with van der Waals surface area (Å²) in [5.41, 5.74) is -0.321. The van der Waals surface area contributed by atoms with Crippen LogP contribution in [0, 0.1) is 5.82 Å². The van der Waals surface area contributed by atoms with E-state index in [0.717, 1.165) is 24.8 Å². The molecule has 1 aliphatic rings. The molecule has 2 rings (SSSR count). The van der Waals surface area contributed by atoms with Crippen LogP contribution in [0.25, 0.3) is 6.08 Å². The molecule has 0 atom stereocenters. The largest absolute Gasteiger partial charge is 0.480 e. The Balaban J connectivity index is 1.91. The Morgan fingerprint density at radius 3 is 2.41 bits per heavy atom. The van der Waals surface area contributed by atoms with Gasteiger partial charge in [-0.1, -0.05) is 43.5 Å². The summed E-state index contributed by atoms with van der Waals surface area (Å²) < 4.78 is 12.8. The minimum absolute atomic E-state index is 0.104. The highest BCUT2D eigenvalue weighted by molar-refractivity contribution is 5.88. The average Bonchev–Trinajstić information content (AvgIpc) is 2.50. The number of carbonyl (C=O) groups excluding carboxylic acids is 1. The van der Waals surface area contributed by atoms with Crippen LogP contribution in [0.4, 0.5) is 4.39 Å². The average molecular weight is 305 g/mol. The van der Waals surface area contributed by atoms with Crippen LogP contribution in [-0.4, -0.2) is 22.5 Å². The first kappa shape index (κ1) is 16.2. The molecule has 1 aromatic carbocycles. The van der Waals surface area contributed by atoms with Gasteiger partial charge in [0.2, 0.25) is 5.91 Å². The minimum atomic E-state index is -1.11. The molecule has 1 aliphatic carbocycles. The van der Waals surface area contributed by atoms with Gasteiger partial charge in [-0.2, -0.15) is 0 Å². The third-order valence-electron chi connectivity index (χ3n) is 3.98. The van der Waals surface area contributed by atoms with Gasteiger partial charge >= 0.3 is 5.97 Å². The summed E-state index contributed by atoms with van der Waals surface area (Å²) in [5, 5.41) is 12.1. The molecule has 0 aromatic heterocycles. The molecule has 22 heavy (non-hydrogen) atoms. The van der Waals surface area contributed by atoms with Gasteiger partial charge in [-0.25, -0.2) is 9.18 Å². The topological polar surface area (TPSA) is 66.4 Å². The van der Waals surface area contributed by atoms with Gasteiger partial charge in [0.25, 0.3) is 0 Å². The summed E-state index contributed by atoms with van der Waals surface area (Å²) in [6.45, 7) is 0. The van der Waals surface area contributed by atoms with Gasteiger partial charge in [0.1, 0.15) is 11.4 Å². The van der Waals surface area contributed by atoms with Crippen LogP contribution in [0.5, 0.6) is 0 Å². The lowest BCUT2D eigenvalue weighted by Gasteiger charge is -2.33. The molecule has 0 heterocycles. The summed E-state index contributed by atoms with van der Waals surface area (Å²) in [4.78, 5) is 23.5. The van der Waals surface area contributed by atoms with Crippen molar-refractivity contribution >= 4 is 18.0 Å². The molecule has 1 fully saturated rings. The van der Waals surface area contributed by atoms with Crippen LogP contribution < -0.4 is 5.32 Å². The zero-order valence-electron chi connectivity index (χ0n) is 12.3. The Labute approximate surface area is 129 Å². The van der Waals surface area contributed by atoms with Crippen molar-refractivity contribution in [1.29, 1.82) is 0 Å². The highest BCUT2D eigenvalue weighted by Gasteiger charge is 2.40. The van der Waals surface area contributed by atoms with E-state index in [1.807, 2.05) is 0 Å². The predicted octanol–water partition coefficient (Wildman–Crippen LogP) is 3.13. The molecule has 0 bridgehead atoms. The molecule has 1 aromatic rings. The summed E-state index contributed by atoms with van der Waals surface area (Å²) >= 11 is 0. The van der Waals surface area contributed by atoms with Crippen LogP contribution in [-0.2, 0) is 9.59 Å². The van der Waals surface area contributed by atoms with Crippen LogP contribution in [0.1, 0.15) is 44.1 Å². The Morgan fingerprint density at radius 2 is 1.82 bits per heavy atom. The van der Waals surface area contributed by atoms with Crippen molar-refractivity contribution in [2.75, 3.05) is 0 Å². The molecule has 5 heteroatoms. The van der Waals surface area contributed by atoms with E-state index in [-0.39, 0.29) is 18.1 Å². The van der Waals surface area contributed by atoms with E-state index < -0.39 is 11.5 Å². The maximum Gasteiger partial charge on any atom is 0.329 e. The lowest BCUT2D eigenvalue weighted by molar-refractivity contribution is -0.149. The second-order valence-electron chi connectivity index (χ2n) is 5.65. The Hall–Kier alpha value is -2.17. The first-order valence-electron chi connectivity index (χ1n) is 7.48. The fourth-order valence-electron chi connectivity index (χ4n) is 2.74. The Bertz CT molecular complexity index is 560. The van der Waals surface area contributed by atoms with Gasteiger partial charge in [0.05, 0.1) is 0 Å². The molecule has 4 nitrogen and oxygen atoms in total. The van der Waals surface area contributed by atoms with E-state index in [9.17, 15) is 19.1 Å². The summed E-state index contributed by atoms with van der Waals surface area (Å²) in [7, 11) is 0. The predicted molar refractivity (Wildman–Crippen MR) is 81.6 cm³/mol. The van der Waals surface area contributed by atoms with E-state index in [1.54, 1.807) is 24.3 Å². The number of benzene rings is 1. The van der Waals surface area contributed by atoms with Crippen LogP contribution in [0.2, 0.25) is 0 Å². The fraction of sp³-hybridized carbons (Fsp3) is 0.412. The molecule has 2 N–H and O–H groups in total. The van der Waals surface area contributed by atoms with Gasteiger partial charge < -0.3 is 10.4 Å². The van der Waals surface area contributed by atoms with Crippen molar-refractivity contribution in [3.63, 3.8) is 0 Å². The number of carboxylic acid groups (broad SMARTS) is 1. The fourth-order valence-corrected chi connectivity index (χ4v) is 2.74. The second kappa shape index (κ2) is 7.20. The van der Waals surface area contributed by atoms with Crippen LogP contribution >= 0.6 is 0 Å². The van der Waals surface area contributed by atoms with Crippen molar-refractivity contribution in [2.24, 2.45) is 0 Å². The number of carbonyl (C=O) groups is 2. The minimum Gasteiger partial charge on any atom is -0.480 e. The lowest BCUT2D eigenvalue weighted by Crippen LogP contribution is -2.55. The molecular weight excluding hydrogens is 285 g/mol. The number of carboxylic acids is 1. The number of nitrogens with one attached hydrogen (secondary N) is 1. The van der Waals surface area contributed by atoms with Crippen LogP contribution in [0.15, 0.2) is 30.3 Å². The molecule has 0 unspecified atom stereocenters. The Morgan fingerprint density at radius 1 is 1.18 bits per heavy atom. The molecule has 0 aliphatic heterocycles. The molecule has 0 spiro atoms. The van der Waals surface area contributed by atoms with E-state index in [1.165, 1.54) is 12.1 Å². The van der Waals surface area contributed by atoms with Crippen molar-refractivity contribution in [3.8, 4) is 0 Å². The van der Waals surface area contributed by atoms with Gasteiger partial charge in [0.15, 0.2) is 0 Å². The number of amides is 1. The van der Waals surface area contributed by atoms with Crippen molar-refractivity contribution in [2.45, 2.75) is 44.1 Å². The third-order valence-corrected chi connectivity index (χ3v) is 3.98. The molecule has 0 saturated heterocycles. The highest BCUT2D eigenvalue weighted by Crippen LogP contribution is 2.28.